The van der Waals surface area contributed by atoms with Gasteiger partial charge in [0, 0.05) is 18.1 Å². The predicted molar refractivity (Wildman–Crippen MR) is 58.2 cm³/mol. The van der Waals surface area contributed by atoms with Crippen molar-refractivity contribution in [2.24, 2.45) is 5.73 Å². The highest BCUT2D eigenvalue weighted by Gasteiger charge is 2.02. The van der Waals surface area contributed by atoms with Gasteiger partial charge >= 0.3 is 0 Å². The van der Waals surface area contributed by atoms with E-state index in [1.54, 1.807) is 17.8 Å². The molecule has 2 N–H and O–H groups in total. The minimum Gasteiger partial charge on any atom is -0.494 e. The first-order valence-electron chi connectivity index (χ1n) is 4.38. The fourth-order valence-corrected chi connectivity index (χ4v) is 1.80. The van der Waals surface area contributed by atoms with Crippen LogP contribution in [0.2, 0.25) is 0 Å². The molecule has 78 valence electrons. The first kappa shape index (κ1) is 11.3. The summed E-state index contributed by atoms with van der Waals surface area (Å²) in [6.07, 6.45) is 0. The van der Waals surface area contributed by atoms with Gasteiger partial charge in [-0.3, -0.25) is 0 Å². The van der Waals surface area contributed by atoms with Crippen LogP contribution in [0.25, 0.3) is 0 Å². The van der Waals surface area contributed by atoms with Crippen LogP contribution in [-0.4, -0.2) is 19.4 Å². The molecule has 0 fully saturated rings. The Morgan fingerprint density at radius 3 is 2.86 bits per heavy atom. The number of ether oxygens (including phenoxy) is 1. The molecule has 0 heterocycles. The van der Waals surface area contributed by atoms with E-state index in [1.807, 2.05) is 6.07 Å². The summed E-state index contributed by atoms with van der Waals surface area (Å²) >= 11 is 1.70. The average molecular weight is 215 g/mol. The smallest absolute Gasteiger partial charge is 0.165 e. The van der Waals surface area contributed by atoms with Gasteiger partial charge in [0.25, 0.3) is 0 Å². The molecule has 1 aromatic rings. The number of thioether (sulfide) groups is 1. The second-order valence-electron chi connectivity index (χ2n) is 2.81. The molecule has 1 aromatic carbocycles. The second kappa shape index (κ2) is 5.88. The van der Waals surface area contributed by atoms with Crippen molar-refractivity contribution >= 4 is 11.8 Å². The number of rotatable bonds is 5. The second-order valence-corrected chi connectivity index (χ2v) is 3.92. The van der Waals surface area contributed by atoms with Crippen LogP contribution in [0.15, 0.2) is 18.2 Å². The minimum atomic E-state index is -0.307. The molecule has 4 heteroatoms. The van der Waals surface area contributed by atoms with Gasteiger partial charge in [-0.1, -0.05) is 6.07 Å². The van der Waals surface area contributed by atoms with E-state index in [-0.39, 0.29) is 11.6 Å². The Kier molecular flexibility index (Phi) is 4.76. The lowest BCUT2D eigenvalue weighted by Crippen LogP contribution is -2.01. The third-order valence-corrected chi connectivity index (χ3v) is 2.81. The van der Waals surface area contributed by atoms with E-state index in [0.717, 1.165) is 17.1 Å². The molecule has 0 atom stereocenters. The molecule has 0 aromatic heterocycles. The number of hydrogen-bond donors (Lipinski definition) is 1. The molecule has 0 amide bonds. The van der Waals surface area contributed by atoms with E-state index in [2.05, 4.69) is 0 Å². The third kappa shape index (κ3) is 3.20. The van der Waals surface area contributed by atoms with E-state index in [0.29, 0.717) is 6.54 Å². The molecule has 14 heavy (non-hydrogen) atoms. The van der Waals surface area contributed by atoms with Crippen molar-refractivity contribution in [1.29, 1.82) is 0 Å². The summed E-state index contributed by atoms with van der Waals surface area (Å²) < 4.78 is 18.0. The molecular formula is C10H14FNOS. The molecule has 0 radical (unpaired) electrons. The van der Waals surface area contributed by atoms with Crippen molar-refractivity contribution in [2.45, 2.75) is 5.75 Å². The lowest BCUT2D eigenvalue weighted by Gasteiger charge is -2.04. The summed E-state index contributed by atoms with van der Waals surface area (Å²) in [5.74, 6) is 1.67. The molecule has 0 aliphatic carbocycles. The standard InChI is InChI=1S/C10H14FNOS/c1-13-10-3-2-8(6-9(10)11)7-14-5-4-12/h2-3,6H,4-5,7,12H2,1H3. The van der Waals surface area contributed by atoms with Crippen molar-refractivity contribution in [3.8, 4) is 5.75 Å². The van der Waals surface area contributed by atoms with Crippen molar-refractivity contribution in [2.75, 3.05) is 19.4 Å². The number of halogens is 1. The zero-order chi connectivity index (χ0) is 10.4. The Balaban J connectivity index is 2.57. The van der Waals surface area contributed by atoms with Gasteiger partial charge in [0.05, 0.1) is 7.11 Å². The number of benzene rings is 1. The van der Waals surface area contributed by atoms with Crippen molar-refractivity contribution in [3.05, 3.63) is 29.6 Å². The zero-order valence-electron chi connectivity index (χ0n) is 8.13. The van der Waals surface area contributed by atoms with Gasteiger partial charge in [-0.15, -0.1) is 0 Å². The number of hydrogen-bond acceptors (Lipinski definition) is 3. The Bertz CT molecular complexity index is 293. The molecule has 1 rings (SSSR count). The zero-order valence-corrected chi connectivity index (χ0v) is 8.94. The Morgan fingerprint density at radius 2 is 2.29 bits per heavy atom. The monoisotopic (exact) mass is 215 g/mol. The van der Waals surface area contributed by atoms with Crippen LogP contribution in [0.5, 0.6) is 5.75 Å². The Hall–Kier alpha value is -0.740. The lowest BCUT2D eigenvalue weighted by atomic mass is 10.2. The first-order valence-corrected chi connectivity index (χ1v) is 5.53. The maximum Gasteiger partial charge on any atom is 0.165 e. The SMILES string of the molecule is COc1ccc(CSCCN)cc1F. The molecule has 2 nitrogen and oxygen atoms in total. The largest absolute Gasteiger partial charge is 0.494 e. The highest BCUT2D eigenvalue weighted by atomic mass is 32.2. The fourth-order valence-electron chi connectivity index (χ4n) is 1.07. The first-order chi connectivity index (χ1) is 6.77. The number of nitrogens with two attached hydrogens (primary N) is 1. The topological polar surface area (TPSA) is 35.2 Å². The summed E-state index contributed by atoms with van der Waals surface area (Å²) in [5.41, 5.74) is 6.31. The van der Waals surface area contributed by atoms with Crippen molar-refractivity contribution < 1.29 is 9.13 Å². The highest BCUT2D eigenvalue weighted by Crippen LogP contribution is 2.20. The Morgan fingerprint density at radius 1 is 1.50 bits per heavy atom. The van der Waals surface area contributed by atoms with Crippen LogP contribution >= 0.6 is 11.8 Å². The average Bonchev–Trinajstić information content (AvgIpc) is 2.18. The summed E-state index contributed by atoms with van der Waals surface area (Å²) in [5, 5.41) is 0. The number of methoxy groups -OCH3 is 1. The quantitative estimate of drug-likeness (QED) is 0.763. The van der Waals surface area contributed by atoms with Crippen LogP contribution in [0, 0.1) is 5.82 Å². The van der Waals surface area contributed by atoms with Gasteiger partial charge in [0.1, 0.15) is 0 Å². The van der Waals surface area contributed by atoms with Crippen molar-refractivity contribution in [1.82, 2.24) is 0 Å². The fraction of sp³-hybridized carbons (Fsp3) is 0.400. The van der Waals surface area contributed by atoms with Gasteiger partial charge in [0.2, 0.25) is 0 Å². The summed E-state index contributed by atoms with van der Waals surface area (Å²) in [4.78, 5) is 0. The van der Waals surface area contributed by atoms with Crippen LogP contribution in [-0.2, 0) is 5.75 Å². The van der Waals surface area contributed by atoms with Crippen LogP contribution in [0.4, 0.5) is 4.39 Å². The van der Waals surface area contributed by atoms with Crippen molar-refractivity contribution in [3.63, 3.8) is 0 Å². The molecule has 0 bridgehead atoms. The van der Waals surface area contributed by atoms with E-state index >= 15 is 0 Å². The van der Waals surface area contributed by atoms with E-state index < -0.39 is 0 Å². The van der Waals surface area contributed by atoms with Gasteiger partial charge in [0.15, 0.2) is 11.6 Å². The molecule has 0 aliphatic heterocycles. The minimum absolute atomic E-state index is 0.289. The van der Waals surface area contributed by atoms with Gasteiger partial charge < -0.3 is 10.5 Å². The normalized spacial score (nSPS) is 10.2. The molecule has 0 spiro atoms. The highest BCUT2D eigenvalue weighted by molar-refractivity contribution is 7.98. The summed E-state index contributed by atoms with van der Waals surface area (Å²) in [6.45, 7) is 0.656. The van der Waals surface area contributed by atoms with Crippen LogP contribution < -0.4 is 10.5 Å². The molecular weight excluding hydrogens is 201 g/mol. The third-order valence-electron chi connectivity index (χ3n) is 1.75. The van der Waals surface area contributed by atoms with Crippen LogP contribution in [0.1, 0.15) is 5.56 Å². The summed E-state index contributed by atoms with van der Waals surface area (Å²) in [7, 11) is 1.46. The van der Waals surface area contributed by atoms with E-state index in [9.17, 15) is 4.39 Å². The maximum absolute atomic E-state index is 13.2. The van der Waals surface area contributed by atoms with Crippen LogP contribution in [0.3, 0.4) is 0 Å². The molecule has 0 saturated carbocycles. The van der Waals surface area contributed by atoms with Gasteiger partial charge in [-0.25, -0.2) is 4.39 Å². The van der Waals surface area contributed by atoms with Gasteiger partial charge in [-0.2, -0.15) is 11.8 Å². The lowest BCUT2D eigenvalue weighted by molar-refractivity contribution is 0.386. The van der Waals surface area contributed by atoms with E-state index in [4.69, 9.17) is 10.5 Å². The molecule has 0 aliphatic rings. The molecule has 0 unspecified atom stereocenters. The predicted octanol–water partition coefficient (Wildman–Crippen LogP) is 2.03. The Labute approximate surface area is 87.6 Å². The summed E-state index contributed by atoms with van der Waals surface area (Å²) in [6, 6.07) is 5.02. The molecule has 0 saturated heterocycles. The maximum atomic E-state index is 13.2. The van der Waals surface area contributed by atoms with Gasteiger partial charge in [-0.05, 0) is 17.7 Å². The van der Waals surface area contributed by atoms with E-state index in [1.165, 1.54) is 13.2 Å².